The molecule has 0 aliphatic rings. The lowest BCUT2D eigenvalue weighted by atomic mass is 10.1. The summed E-state index contributed by atoms with van der Waals surface area (Å²) >= 11 is 12.3. The van der Waals surface area contributed by atoms with E-state index < -0.39 is 37.2 Å². The Hall–Kier alpha value is -3.16. The van der Waals surface area contributed by atoms with Crippen LogP contribution >= 0.6 is 23.2 Å². The van der Waals surface area contributed by atoms with Crippen molar-refractivity contribution in [1.29, 1.82) is 0 Å². The summed E-state index contributed by atoms with van der Waals surface area (Å²) in [7, 11) is -2.99. The van der Waals surface area contributed by atoms with Crippen molar-refractivity contribution in [3.8, 4) is 5.75 Å². The van der Waals surface area contributed by atoms with Gasteiger partial charge in [0.15, 0.2) is 10.9 Å². The van der Waals surface area contributed by atoms with E-state index in [-0.39, 0.29) is 39.6 Å². The van der Waals surface area contributed by atoms with Crippen LogP contribution in [0.4, 0.5) is 4.79 Å². The molecule has 2 N–H and O–H groups in total. The van der Waals surface area contributed by atoms with E-state index >= 15 is 0 Å². The molecular weight excluding hydrogens is 501 g/mol. The first-order valence-electron chi connectivity index (χ1n) is 9.23. The number of hydrogen-bond acceptors (Lipinski definition) is 9. The molecule has 0 fully saturated rings. The molecule has 1 aromatic carbocycles. The average Bonchev–Trinajstić information content (AvgIpc) is 3.12. The number of hydrogen-bond donors (Lipinski definition) is 2. The SMILES string of the molecule is CC(C)c1cc(S(=O)(=O)c2c(Cl)cc(OC(=O)NCc3noc(=O)[nH]3)cc2Cl)nn(C)c1=O. The number of ether oxygens (including phenoxy) is 1. The second-order valence-electron chi connectivity index (χ2n) is 7.03. The van der Waals surface area contributed by atoms with Crippen molar-refractivity contribution in [3.05, 3.63) is 60.5 Å². The highest BCUT2D eigenvalue weighted by Crippen LogP contribution is 2.36. The Labute approximate surface area is 196 Å². The second kappa shape index (κ2) is 9.37. The molecule has 0 bridgehead atoms. The van der Waals surface area contributed by atoms with Gasteiger partial charge in [0, 0.05) is 24.7 Å². The van der Waals surface area contributed by atoms with Crippen LogP contribution < -0.4 is 21.4 Å². The van der Waals surface area contributed by atoms with Crippen molar-refractivity contribution in [2.75, 3.05) is 0 Å². The summed E-state index contributed by atoms with van der Waals surface area (Å²) < 4.78 is 36.6. The van der Waals surface area contributed by atoms with Gasteiger partial charge in [-0.1, -0.05) is 42.2 Å². The highest BCUT2D eigenvalue weighted by Gasteiger charge is 2.29. The molecule has 2 heterocycles. The highest BCUT2D eigenvalue weighted by atomic mass is 35.5. The van der Waals surface area contributed by atoms with Crippen LogP contribution in [0.1, 0.15) is 31.2 Å². The van der Waals surface area contributed by atoms with Gasteiger partial charge in [-0.25, -0.2) is 22.7 Å². The number of nitrogens with zero attached hydrogens (tertiary/aromatic N) is 3. The van der Waals surface area contributed by atoms with Crippen LogP contribution in [0.15, 0.2) is 42.2 Å². The first-order valence-corrected chi connectivity index (χ1v) is 11.5. The molecule has 3 aromatic rings. The van der Waals surface area contributed by atoms with Gasteiger partial charge >= 0.3 is 11.8 Å². The Balaban J connectivity index is 1.88. The van der Waals surface area contributed by atoms with Crippen molar-refractivity contribution in [2.24, 2.45) is 7.05 Å². The number of H-pyrrole nitrogens is 1. The van der Waals surface area contributed by atoms with Crippen LogP contribution in [-0.4, -0.2) is 34.4 Å². The number of aromatic nitrogens is 4. The van der Waals surface area contributed by atoms with Crippen molar-refractivity contribution >= 4 is 39.1 Å². The van der Waals surface area contributed by atoms with E-state index in [1.54, 1.807) is 13.8 Å². The molecule has 1 amide bonds. The van der Waals surface area contributed by atoms with Crippen LogP contribution in [0, 0.1) is 0 Å². The normalized spacial score (nSPS) is 11.6. The zero-order valence-corrected chi connectivity index (χ0v) is 19.7. The predicted octanol–water partition coefficient (Wildman–Crippen LogP) is 2.01. The molecule has 0 spiro atoms. The smallest absolute Gasteiger partial charge is 0.410 e. The minimum atomic E-state index is -4.33. The Kier molecular flexibility index (Phi) is 6.95. The number of sulfone groups is 1. The van der Waals surface area contributed by atoms with Crippen molar-refractivity contribution in [3.63, 3.8) is 0 Å². The number of halogens is 2. The number of amides is 1. The minimum Gasteiger partial charge on any atom is -0.410 e. The Bertz CT molecular complexity index is 1420. The third kappa shape index (κ3) is 5.26. The molecular formula is C18H17Cl2N5O7S. The molecule has 15 heteroatoms. The molecule has 0 saturated carbocycles. The quantitative estimate of drug-likeness (QED) is 0.496. The van der Waals surface area contributed by atoms with E-state index in [0.717, 1.165) is 16.8 Å². The topological polar surface area (TPSA) is 166 Å². The summed E-state index contributed by atoms with van der Waals surface area (Å²) in [5.74, 6) is -1.13. The lowest BCUT2D eigenvalue weighted by Gasteiger charge is -2.13. The largest absolute Gasteiger partial charge is 0.438 e. The van der Waals surface area contributed by atoms with Gasteiger partial charge in [-0.3, -0.25) is 14.3 Å². The van der Waals surface area contributed by atoms with Gasteiger partial charge in [0.2, 0.25) is 9.84 Å². The number of rotatable bonds is 6. The molecule has 33 heavy (non-hydrogen) atoms. The minimum absolute atomic E-state index is 0.0555. The molecule has 12 nitrogen and oxygen atoms in total. The maximum absolute atomic E-state index is 13.2. The molecule has 0 aliphatic carbocycles. The molecule has 0 radical (unpaired) electrons. The molecule has 3 rings (SSSR count). The Morgan fingerprint density at radius 3 is 2.42 bits per heavy atom. The van der Waals surface area contributed by atoms with Gasteiger partial charge in [-0.15, -0.1) is 0 Å². The Morgan fingerprint density at radius 2 is 1.88 bits per heavy atom. The zero-order valence-electron chi connectivity index (χ0n) is 17.4. The second-order valence-corrected chi connectivity index (χ2v) is 9.67. The summed E-state index contributed by atoms with van der Waals surface area (Å²) in [6, 6.07) is 3.35. The van der Waals surface area contributed by atoms with E-state index in [1.807, 2.05) is 0 Å². The number of carbonyl (C=O) groups is 1. The summed E-state index contributed by atoms with van der Waals surface area (Å²) in [5.41, 5.74) is -0.172. The lowest BCUT2D eigenvalue weighted by molar-refractivity contribution is 0.199. The van der Waals surface area contributed by atoms with Crippen LogP contribution in [-0.2, 0) is 23.4 Å². The van der Waals surface area contributed by atoms with Crippen LogP contribution in [0.5, 0.6) is 5.75 Å². The van der Waals surface area contributed by atoms with Gasteiger partial charge in [0.05, 0.1) is 16.6 Å². The predicted molar refractivity (Wildman–Crippen MR) is 115 cm³/mol. The summed E-state index contributed by atoms with van der Waals surface area (Å²) in [4.78, 5) is 36.8. The lowest BCUT2D eigenvalue weighted by Crippen LogP contribution is -2.27. The third-order valence-electron chi connectivity index (χ3n) is 4.30. The van der Waals surface area contributed by atoms with E-state index in [4.69, 9.17) is 27.9 Å². The van der Waals surface area contributed by atoms with Gasteiger partial charge < -0.3 is 10.1 Å². The fourth-order valence-electron chi connectivity index (χ4n) is 2.74. The molecule has 0 unspecified atom stereocenters. The van der Waals surface area contributed by atoms with E-state index in [2.05, 4.69) is 25.1 Å². The number of aryl methyl sites for hydroxylation is 1. The maximum atomic E-state index is 13.2. The van der Waals surface area contributed by atoms with Crippen LogP contribution in [0.2, 0.25) is 10.0 Å². The highest BCUT2D eigenvalue weighted by molar-refractivity contribution is 7.91. The van der Waals surface area contributed by atoms with Crippen LogP contribution in [0.25, 0.3) is 0 Å². The molecule has 176 valence electrons. The molecule has 2 aromatic heterocycles. The number of aromatic amines is 1. The van der Waals surface area contributed by atoms with Gasteiger partial charge in [0.25, 0.3) is 5.56 Å². The Morgan fingerprint density at radius 1 is 1.24 bits per heavy atom. The molecule has 0 aliphatic heterocycles. The molecule has 0 saturated heterocycles. The van der Waals surface area contributed by atoms with E-state index in [9.17, 15) is 22.8 Å². The van der Waals surface area contributed by atoms with Gasteiger partial charge in [-0.05, 0) is 12.0 Å². The van der Waals surface area contributed by atoms with Crippen molar-refractivity contribution < 1.29 is 22.5 Å². The van der Waals surface area contributed by atoms with Gasteiger partial charge in [-0.2, -0.15) is 5.10 Å². The summed E-state index contributed by atoms with van der Waals surface area (Å²) in [6.07, 6.45) is -0.956. The number of nitrogens with one attached hydrogen (secondary N) is 2. The summed E-state index contributed by atoms with van der Waals surface area (Å²) in [5, 5.41) is 8.44. The van der Waals surface area contributed by atoms with Crippen molar-refractivity contribution in [2.45, 2.75) is 36.2 Å². The third-order valence-corrected chi connectivity index (χ3v) is 6.85. The van der Waals surface area contributed by atoms with E-state index in [1.165, 1.54) is 13.1 Å². The fourth-order valence-corrected chi connectivity index (χ4v) is 5.17. The van der Waals surface area contributed by atoms with Gasteiger partial charge in [0.1, 0.15) is 10.6 Å². The van der Waals surface area contributed by atoms with E-state index in [0.29, 0.717) is 0 Å². The monoisotopic (exact) mass is 517 g/mol. The maximum Gasteiger partial charge on any atom is 0.438 e. The average molecular weight is 518 g/mol. The first-order chi connectivity index (χ1) is 15.4. The van der Waals surface area contributed by atoms with Crippen molar-refractivity contribution in [1.82, 2.24) is 25.2 Å². The first kappa shape index (κ1) is 24.5. The fraction of sp³-hybridized carbons (Fsp3) is 0.278. The zero-order chi connectivity index (χ0) is 24.5. The number of benzene rings is 1. The molecule has 0 atom stereocenters. The summed E-state index contributed by atoms with van der Waals surface area (Å²) in [6.45, 7) is 3.28. The van der Waals surface area contributed by atoms with Crippen LogP contribution in [0.3, 0.4) is 0 Å². The number of carbonyl (C=O) groups excluding carboxylic acids is 1. The standard InChI is InChI=1S/C18H17Cl2N5O7S/c1-8(2)10-6-14(23-25(3)16(10)26)33(29,30)15-11(19)4-9(5-12(15)20)31-17(27)21-7-13-22-18(28)32-24-13/h4-6,8H,7H2,1-3H3,(H,21,27)(H,22,24,28).